The van der Waals surface area contributed by atoms with Gasteiger partial charge in [-0.05, 0) is 100 Å². The van der Waals surface area contributed by atoms with Crippen LogP contribution < -0.4 is 21.1 Å². The van der Waals surface area contributed by atoms with E-state index in [1.165, 1.54) is 17.7 Å². The third-order valence-electron chi connectivity index (χ3n) is 12.4. The number of aryl methyl sites for hydroxylation is 1. The minimum atomic E-state index is -4.67. The van der Waals surface area contributed by atoms with Gasteiger partial charge in [-0.3, -0.25) is 33.5 Å². The van der Waals surface area contributed by atoms with Crippen molar-refractivity contribution >= 4 is 45.3 Å². The fraction of sp³-hybridized carbons (Fsp3) is 0.488. The molecule has 0 radical (unpaired) electrons. The van der Waals surface area contributed by atoms with Crippen LogP contribution in [0.25, 0.3) is 21.9 Å². The number of alkyl halides is 3. The van der Waals surface area contributed by atoms with Crippen LogP contribution in [-0.2, 0) is 34.0 Å². The number of imidazole rings is 1. The number of methoxy groups -OCH3 is 1. The number of carbonyl (C=O) groups is 3. The van der Waals surface area contributed by atoms with Gasteiger partial charge in [0.05, 0.1) is 48.1 Å². The number of likely N-dealkylation sites (N-methyl/N-ethyl adjacent to an activating group) is 1. The van der Waals surface area contributed by atoms with Gasteiger partial charge in [-0.25, -0.2) is 9.78 Å². The number of imide groups is 1. The van der Waals surface area contributed by atoms with E-state index in [-0.39, 0.29) is 35.9 Å². The first-order valence-corrected chi connectivity index (χ1v) is 20.5. The maximum absolute atomic E-state index is 13.3. The Labute approximate surface area is 344 Å². The summed E-state index contributed by atoms with van der Waals surface area (Å²) >= 11 is 0. The minimum absolute atomic E-state index is 0.206. The molecule has 1 unspecified atom stereocenters. The number of halogens is 3. The molecule has 1 saturated heterocycles. The summed E-state index contributed by atoms with van der Waals surface area (Å²) in [6.07, 6.45) is 4.77. The first kappa shape index (κ1) is 41.2. The molecule has 3 aromatic heterocycles. The maximum Gasteiger partial charge on any atom is 0.433 e. The van der Waals surface area contributed by atoms with E-state index < -0.39 is 29.7 Å². The first-order chi connectivity index (χ1) is 28.7. The molecule has 3 aliphatic rings. The van der Waals surface area contributed by atoms with Crippen LogP contribution >= 0.6 is 0 Å². The minimum Gasteiger partial charge on any atom is -0.494 e. The summed E-state index contributed by atoms with van der Waals surface area (Å²) in [4.78, 5) is 56.3. The van der Waals surface area contributed by atoms with Gasteiger partial charge in [-0.2, -0.15) is 18.3 Å². The van der Waals surface area contributed by atoms with Crippen molar-refractivity contribution < 1.29 is 37.0 Å². The molecule has 2 N–H and O–H groups in total. The van der Waals surface area contributed by atoms with Crippen molar-refractivity contribution in [2.75, 3.05) is 39.2 Å². The molecule has 3 fully saturated rings. The zero-order chi connectivity index (χ0) is 42.3. The van der Waals surface area contributed by atoms with Gasteiger partial charge in [0.1, 0.15) is 23.2 Å². The number of amides is 3. The van der Waals surface area contributed by atoms with Gasteiger partial charge in [0.2, 0.25) is 11.8 Å². The third-order valence-corrected chi connectivity index (χ3v) is 12.4. The zero-order valence-corrected chi connectivity index (χ0v) is 33.8. The monoisotopic (exact) mass is 830 g/mol. The van der Waals surface area contributed by atoms with E-state index in [1.807, 2.05) is 23.0 Å². The van der Waals surface area contributed by atoms with Crippen LogP contribution in [-0.4, -0.2) is 86.5 Å². The number of nitrogens with one attached hydrogen (secondary N) is 2. The van der Waals surface area contributed by atoms with Crippen molar-refractivity contribution in [3.05, 3.63) is 82.2 Å². The number of rotatable bonds is 13. The number of fused-ring (bicyclic) bond motifs is 2. The molecule has 60 heavy (non-hydrogen) atoms. The molecule has 2 saturated carbocycles. The Bertz CT molecular complexity index is 2480. The fourth-order valence-electron chi connectivity index (χ4n) is 9.13. The van der Waals surface area contributed by atoms with Crippen LogP contribution in [0.1, 0.15) is 85.2 Å². The topological polar surface area (TPSA) is 155 Å². The van der Waals surface area contributed by atoms with Crippen LogP contribution in [0.4, 0.5) is 18.9 Å². The van der Waals surface area contributed by atoms with Gasteiger partial charge >= 0.3 is 11.9 Å². The highest BCUT2D eigenvalue weighted by Crippen LogP contribution is 2.37. The van der Waals surface area contributed by atoms with E-state index in [2.05, 4.69) is 33.6 Å². The largest absolute Gasteiger partial charge is 0.494 e. The smallest absolute Gasteiger partial charge is 0.433 e. The lowest BCUT2D eigenvalue weighted by Crippen LogP contribution is -2.44. The lowest BCUT2D eigenvalue weighted by molar-refractivity contribution is -0.141. The Kier molecular flexibility index (Phi) is 11.6. The van der Waals surface area contributed by atoms with E-state index in [9.17, 15) is 32.3 Å². The second kappa shape index (κ2) is 16.8. The number of para-hydroxylation sites is 1. The summed E-state index contributed by atoms with van der Waals surface area (Å²) in [5, 5.41) is 10.6. The van der Waals surface area contributed by atoms with Crippen LogP contribution in [0.2, 0.25) is 0 Å². The standard InChI is InChI=1S/C43H49F3N8O6/c1-51(16-17-60-30-19-26(20-30)18-27-6-4-8-34-39(27)52(2)42(58)54(34)35-14-15-38(55)49-41(35)57)23-25-10-12-29(13-11-25)53-24-28-21-33(36(59-3)22-32(28)50-53)48-40(56)31-7-5-9-37(47-31)43(44,45)46/h4-9,21-22,24-26,29-30,35H,10-20,23H2,1-3H3,(H,48,56)(H,49,55,57). The average Bonchev–Trinajstić information content (AvgIpc) is 3.73. The molecular weight excluding hydrogens is 782 g/mol. The van der Waals surface area contributed by atoms with Crippen molar-refractivity contribution in [2.45, 2.75) is 82.2 Å². The van der Waals surface area contributed by atoms with E-state index >= 15 is 0 Å². The lowest BCUT2D eigenvalue weighted by Gasteiger charge is -2.36. The lowest BCUT2D eigenvalue weighted by atomic mass is 9.78. The highest BCUT2D eigenvalue weighted by molar-refractivity contribution is 6.05. The number of benzene rings is 2. The van der Waals surface area contributed by atoms with Crippen molar-refractivity contribution in [1.82, 2.24) is 34.1 Å². The molecule has 17 heteroatoms. The zero-order valence-electron chi connectivity index (χ0n) is 33.8. The molecule has 2 aromatic carbocycles. The van der Waals surface area contributed by atoms with Crippen LogP contribution in [0.15, 0.2) is 59.5 Å². The predicted octanol–water partition coefficient (Wildman–Crippen LogP) is 6.04. The number of piperidine rings is 1. The molecular formula is C43H49F3N8O6. The van der Waals surface area contributed by atoms with Crippen LogP contribution in [0.5, 0.6) is 5.75 Å². The highest BCUT2D eigenvalue weighted by Gasteiger charge is 2.35. The van der Waals surface area contributed by atoms with Crippen molar-refractivity contribution in [1.29, 1.82) is 0 Å². The molecule has 4 heterocycles. The van der Waals surface area contributed by atoms with Gasteiger partial charge in [-0.15, -0.1) is 0 Å². The Morgan fingerprint density at radius 2 is 1.78 bits per heavy atom. The number of pyridine rings is 1. The molecule has 318 valence electrons. The number of nitrogens with zero attached hydrogens (tertiary/aromatic N) is 6. The van der Waals surface area contributed by atoms with Gasteiger partial charge in [0.25, 0.3) is 5.91 Å². The van der Waals surface area contributed by atoms with E-state index in [1.54, 1.807) is 23.7 Å². The quantitative estimate of drug-likeness (QED) is 0.135. The van der Waals surface area contributed by atoms with Gasteiger partial charge < -0.3 is 19.7 Å². The maximum atomic E-state index is 13.3. The van der Waals surface area contributed by atoms with E-state index in [0.29, 0.717) is 47.3 Å². The predicted molar refractivity (Wildman–Crippen MR) is 217 cm³/mol. The summed E-state index contributed by atoms with van der Waals surface area (Å²) in [6.45, 7) is 2.47. The van der Waals surface area contributed by atoms with E-state index in [4.69, 9.17) is 14.6 Å². The van der Waals surface area contributed by atoms with Gasteiger partial charge in [0, 0.05) is 44.2 Å². The van der Waals surface area contributed by atoms with Crippen molar-refractivity contribution in [3.8, 4) is 5.75 Å². The average molecular weight is 831 g/mol. The molecule has 14 nitrogen and oxygen atoms in total. The molecule has 0 bridgehead atoms. The normalized spacial score (nSPS) is 22.3. The molecule has 5 aromatic rings. The molecule has 8 rings (SSSR count). The third kappa shape index (κ3) is 8.55. The van der Waals surface area contributed by atoms with Crippen molar-refractivity contribution in [2.24, 2.45) is 18.9 Å². The molecule has 0 spiro atoms. The summed E-state index contributed by atoms with van der Waals surface area (Å²) < 4.78 is 56.4. The summed E-state index contributed by atoms with van der Waals surface area (Å²) in [5.74, 6) is -0.191. The molecule has 3 amide bonds. The Hall–Kier alpha value is -5.55. The number of hydrogen-bond acceptors (Lipinski definition) is 9. The number of carbonyl (C=O) groups excluding carboxylic acids is 3. The number of hydrogen-bond donors (Lipinski definition) is 2. The molecule has 2 aliphatic carbocycles. The number of anilines is 1. The fourth-order valence-corrected chi connectivity index (χ4v) is 9.13. The molecule has 1 aliphatic heterocycles. The second-order valence-corrected chi connectivity index (χ2v) is 16.5. The van der Waals surface area contributed by atoms with E-state index in [0.717, 1.165) is 86.6 Å². The number of ether oxygens (including phenoxy) is 2. The van der Waals surface area contributed by atoms with Crippen LogP contribution in [0.3, 0.4) is 0 Å². The van der Waals surface area contributed by atoms with Gasteiger partial charge in [0.15, 0.2) is 0 Å². The second-order valence-electron chi connectivity index (χ2n) is 16.5. The Morgan fingerprint density at radius 1 is 1.02 bits per heavy atom. The molecule has 1 atom stereocenters. The van der Waals surface area contributed by atoms with Gasteiger partial charge in [-0.1, -0.05) is 18.2 Å². The highest BCUT2D eigenvalue weighted by atomic mass is 19.4. The van der Waals surface area contributed by atoms with Crippen molar-refractivity contribution in [3.63, 3.8) is 0 Å². The summed E-state index contributed by atoms with van der Waals surface area (Å²) in [5.41, 5.74) is 1.87. The SMILES string of the molecule is COc1cc2nn(C3CCC(CN(C)CCOC4CC(Cc5cccc6c5n(C)c(=O)n6C5CCC(=O)NC5=O)C4)CC3)cc2cc1NC(=O)c1cccc(C(F)(F)F)n1. The Morgan fingerprint density at radius 3 is 2.52 bits per heavy atom. The first-order valence-electron chi connectivity index (χ1n) is 20.5. The summed E-state index contributed by atoms with van der Waals surface area (Å²) in [6, 6.07) is 12.0. The summed E-state index contributed by atoms with van der Waals surface area (Å²) in [7, 11) is 5.33. The number of aromatic nitrogens is 5. The van der Waals surface area contributed by atoms with Crippen LogP contribution in [0, 0.1) is 11.8 Å². The Balaban J connectivity index is 0.781.